The number of aromatic hydroxyl groups is 1. The van der Waals surface area contributed by atoms with E-state index >= 15 is 0 Å². The molecule has 28 heavy (non-hydrogen) atoms. The number of benzene rings is 2. The highest BCUT2D eigenvalue weighted by molar-refractivity contribution is 6.03. The molecule has 0 saturated heterocycles. The minimum absolute atomic E-state index is 0. The van der Waals surface area contributed by atoms with E-state index in [1.54, 1.807) is 6.07 Å². The van der Waals surface area contributed by atoms with E-state index in [0.717, 1.165) is 59.9 Å². The Labute approximate surface area is 174 Å². The summed E-state index contributed by atoms with van der Waals surface area (Å²) in [6.07, 6.45) is 0. The Morgan fingerprint density at radius 3 is 2.11 bits per heavy atom. The van der Waals surface area contributed by atoms with Crippen molar-refractivity contribution in [1.82, 2.24) is 10.6 Å². The van der Waals surface area contributed by atoms with Gasteiger partial charge in [-0.25, -0.2) is 0 Å². The molecule has 0 aliphatic carbocycles. The lowest BCUT2D eigenvalue weighted by atomic mass is 10.1. The molecule has 2 aromatic carbocycles. The van der Waals surface area contributed by atoms with E-state index in [2.05, 4.69) is 20.6 Å². The first-order valence-corrected chi connectivity index (χ1v) is 8.72. The van der Waals surface area contributed by atoms with E-state index in [1.807, 2.05) is 36.4 Å². The van der Waals surface area contributed by atoms with Crippen molar-refractivity contribution in [3.05, 3.63) is 53.6 Å². The summed E-state index contributed by atoms with van der Waals surface area (Å²) in [5, 5.41) is 17.8. The first-order valence-electron chi connectivity index (χ1n) is 8.72. The maximum absolute atomic E-state index is 10.3. The Morgan fingerprint density at radius 2 is 1.46 bits per heavy atom. The van der Waals surface area contributed by atoms with E-state index in [4.69, 9.17) is 4.42 Å². The second-order valence-corrected chi connectivity index (χ2v) is 6.41. The van der Waals surface area contributed by atoms with Gasteiger partial charge in [-0.05, 0) is 30.3 Å². The highest BCUT2D eigenvalue weighted by atomic mass is 35.5. The van der Waals surface area contributed by atoms with E-state index in [9.17, 15) is 5.11 Å². The van der Waals surface area contributed by atoms with Crippen molar-refractivity contribution in [3.63, 3.8) is 0 Å². The molecule has 2 aliphatic rings. The smallest absolute Gasteiger partial charge is 0.139 e. The summed E-state index contributed by atoms with van der Waals surface area (Å²) in [6, 6.07) is 13.4. The van der Waals surface area contributed by atoms with Gasteiger partial charge in [0.25, 0.3) is 0 Å². The fourth-order valence-corrected chi connectivity index (χ4v) is 3.37. The summed E-state index contributed by atoms with van der Waals surface area (Å²) in [5.41, 5.74) is 3.39. The Morgan fingerprint density at radius 1 is 0.821 bits per heavy atom. The van der Waals surface area contributed by atoms with Crippen LogP contribution in [0.5, 0.6) is 5.75 Å². The highest BCUT2D eigenvalue weighted by Gasteiger charge is 2.16. The van der Waals surface area contributed by atoms with Crippen LogP contribution in [0.4, 0.5) is 0 Å². The molecule has 0 spiro atoms. The number of hydrogen-bond acceptors (Lipinski definition) is 6. The number of amidine groups is 2. The lowest BCUT2D eigenvalue weighted by Gasteiger charge is -2.06. The molecule has 2 aliphatic heterocycles. The molecule has 0 fully saturated rings. The maximum atomic E-state index is 10.3. The second kappa shape index (κ2) is 8.12. The average molecular weight is 419 g/mol. The van der Waals surface area contributed by atoms with Crippen LogP contribution in [-0.2, 0) is 0 Å². The molecular weight excluding hydrogens is 399 g/mol. The minimum atomic E-state index is 0. The van der Waals surface area contributed by atoms with Crippen molar-refractivity contribution in [1.29, 1.82) is 0 Å². The zero-order valence-electron chi connectivity index (χ0n) is 14.9. The normalized spacial score (nSPS) is 15.1. The molecule has 0 atom stereocenters. The van der Waals surface area contributed by atoms with E-state index in [0.29, 0.717) is 11.3 Å². The molecule has 5 rings (SSSR count). The van der Waals surface area contributed by atoms with Gasteiger partial charge in [-0.3, -0.25) is 9.98 Å². The van der Waals surface area contributed by atoms with Gasteiger partial charge in [-0.2, -0.15) is 0 Å². The molecule has 8 heteroatoms. The molecule has 3 heterocycles. The Hall–Kier alpha value is -2.70. The van der Waals surface area contributed by atoms with Crippen LogP contribution >= 0.6 is 24.8 Å². The standard InChI is InChI=1S/C20H18N4O2.2ClH/c25-16-4-3-13(19-21-5-6-22-19)9-15(16)18-10-12-1-2-14(11-17(12)26-18)20-23-7-8-24-20;;/h1-4,9-11,25H,5-8H2,(H,21,22)(H,23,24);2*1H. The number of phenolic OH excluding ortho intramolecular Hbond substituents is 1. The van der Waals surface area contributed by atoms with Crippen LogP contribution in [0.1, 0.15) is 11.1 Å². The van der Waals surface area contributed by atoms with Gasteiger partial charge < -0.3 is 20.2 Å². The van der Waals surface area contributed by atoms with Gasteiger partial charge in [0.05, 0.1) is 18.7 Å². The van der Waals surface area contributed by atoms with Crippen LogP contribution in [0.25, 0.3) is 22.3 Å². The van der Waals surface area contributed by atoms with Crippen molar-refractivity contribution in [3.8, 4) is 17.1 Å². The van der Waals surface area contributed by atoms with Crippen LogP contribution < -0.4 is 10.6 Å². The third-order valence-corrected chi connectivity index (χ3v) is 4.68. The zero-order chi connectivity index (χ0) is 17.5. The van der Waals surface area contributed by atoms with Gasteiger partial charge in [0.15, 0.2) is 0 Å². The number of furan rings is 1. The number of hydrogen-bond donors (Lipinski definition) is 3. The molecule has 1 aromatic heterocycles. The van der Waals surface area contributed by atoms with Crippen LogP contribution in [0.3, 0.4) is 0 Å². The maximum Gasteiger partial charge on any atom is 0.139 e. The predicted octanol–water partition coefficient (Wildman–Crippen LogP) is 3.35. The lowest BCUT2D eigenvalue weighted by molar-refractivity contribution is 0.474. The van der Waals surface area contributed by atoms with E-state index in [1.165, 1.54) is 0 Å². The SMILES string of the molecule is Cl.Cl.Oc1ccc(C2=NCCN2)cc1-c1cc2ccc(C3=NCCN3)cc2o1. The first kappa shape index (κ1) is 20.0. The molecule has 146 valence electrons. The van der Waals surface area contributed by atoms with Gasteiger partial charge in [-0.1, -0.05) is 12.1 Å². The average Bonchev–Trinajstić information content (AvgIpc) is 3.41. The number of aliphatic imine (C=N–C) groups is 2. The second-order valence-electron chi connectivity index (χ2n) is 6.41. The fraction of sp³-hybridized carbons (Fsp3) is 0.200. The third-order valence-electron chi connectivity index (χ3n) is 4.68. The predicted molar refractivity (Wildman–Crippen MR) is 117 cm³/mol. The molecule has 0 amide bonds. The van der Waals surface area contributed by atoms with Crippen molar-refractivity contribution in [2.75, 3.05) is 26.2 Å². The van der Waals surface area contributed by atoms with Gasteiger partial charge >= 0.3 is 0 Å². The van der Waals surface area contributed by atoms with Crippen LogP contribution in [0, 0.1) is 0 Å². The van der Waals surface area contributed by atoms with Crippen molar-refractivity contribution < 1.29 is 9.52 Å². The first-order chi connectivity index (χ1) is 12.8. The van der Waals surface area contributed by atoms with Gasteiger partial charge in [-0.15, -0.1) is 24.8 Å². The van der Waals surface area contributed by atoms with Crippen LogP contribution in [-0.4, -0.2) is 43.0 Å². The number of nitrogens with zero attached hydrogens (tertiary/aromatic N) is 2. The quantitative estimate of drug-likeness (QED) is 0.608. The Balaban J connectivity index is 0.00000112. The summed E-state index contributed by atoms with van der Waals surface area (Å²) >= 11 is 0. The molecular formula is C20H20Cl2N4O2. The van der Waals surface area contributed by atoms with Gasteiger partial charge in [0.2, 0.25) is 0 Å². The van der Waals surface area contributed by atoms with Crippen LogP contribution in [0.2, 0.25) is 0 Å². The summed E-state index contributed by atoms with van der Waals surface area (Å²) < 4.78 is 6.05. The van der Waals surface area contributed by atoms with Gasteiger partial charge in [0.1, 0.15) is 28.8 Å². The summed E-state index contributed by atoms with van der Waals surface area (Å²) in [6.45, 7) is 3.29. The topological polar surface area (TPSA) is 82.2 Å². The monoisotopic (exact) mass is 418 g/mol. The summed E-state index contributed by atoms with van der Waals surface area (Å²) in [5.74, 6) is 2.58. The van der Waals surface area contributed by atoms with Crippen molar-refractivity contribution in [2.24, 2.45) is 9.98 Å². The molecule has 0 saturated carbocycles. The number of rotatable bonds is 3. The molecule has 3 N–H and O–H groups in total. The van der Waals surface area contributed by atoms with Crippen molar-refractivity contribution >= 4 is 47.5 Å². The third kappa shape index (κ3) is 3.53. The van der Waals surface area contributed by atoms with Crippen LogP contribution in [0.15, 0.2) is 56.9 Å². The summed E-state index contributed by atoms with van der Waals surface area (Å²) in [7, 11) is 0. The number of nitrogens with one attached hydrogen (secondary N) is 2. The zero-order valence-corrected chi connectivity index (χ0v) is 16.6. The summed E-state index contributed by atoms with van der Waals surface area (Å²) in [4.78, 5) is 8.89. The Bertz CT molecular complexity index is 1080. The molecule has 0 radical (unpaired) electrons. The highest BCUT2D eigenvalue weighted by Crippen LogP contribution is 2.34. The van der Waals surface area contributed by atoms with E-state index in [-0.39, 0.29) is 30.6 Å². The molecule has 0 unspecified atom stereocenters. The molecule has 3 aromatic rings. The largest absolute Gasteiger partial charge is 0.507 e. The number of phenols is 1. The molecule has 6 nitrogen and oxygen atoms in total. The molecule has 0 bridgehead atoms. The van der Waals surface area contributed by atoms with Gasteiger partial charge in [0, 0.05) is 29.6 Å². The number of fused-ring (bicyclic) bond motifs is 1. The van der Waals surface area contributed by atoms with E-state index < -0.39 is 0 Å². The Kier molecular flexibility index (Phi) is 5.82. The number of halogens is 2. The van der Waals surface area contributed by atoms with Crippen molar-refractivity contribution in [2.45, 2.75) is 0 Å². The lowest BCUT2D eigenvalue weighted by Crippen LogP contribution is -2.19. The fourth-order valence-electron chi connectivity index (χ4n) is 3.37. The minimum Gasteiger partial charge on any atom is -0.507 e.